The van der Waals surface area contributed by atoms with Crippen LogP contribution in [0.15, 0.2) is 24.3 Å². The Morgan fingerprint density at radius 2 is 2.32 bits per heavy atom. The summed E-state index contributed by atoms with van der Waals surface area (Å²) in [6, 6.07) is 6.07. The third kappa shape index (κ3) is 3.92. The van der Waals surface area contributed by atoms with Gasteiger partial charge in [0.15, 0.2) is 0 Å². The first-order valence-corrected chi connectivity index (χ1v) is 6.01. The maximum atomic E-state index is 11.2. The van der Waals surface area contributed by atoms with E-state index in [0.29, 0.717) is 32.0 Å². The summed E-state index contributed by atoms with van der Waals surface area (Å²) in [5.74, 6) is 0.484. The van der Waals surface area contributed by atoms with Crippen molar-refractivity contribution in [3.8, 4) is 5.75 Å². The summed E-state index contributed by atoms with van der Waals surface area (Å²) < 4.78 is 5.46. The molecule has 0 aliphatic carbocycles. The normalized spacial score (nSPS) is 15.9. The van der Waals surface area contributed by atoms with Crippen LogP contribution in [-0.4, -0.2) is 48.5 Å². The summed E-state index contributed by atoms with van der Waals surface area (Å²) in [4.78, 5) is 23.3. The van der Waals surface area contributed by atoms with Gasteiger partial charge in [0, 0.05) is 25.7 Å². The predicted octanol–water partition coefficient (Wildman–Crippen LogP) is 0.405. The highest BCUT2D eigenvalue weighted by molar-refractivity contribution is 5.78. The molecule has 0 unspecified atom stereocenters. The summed E-state index contributed by atoms with van der Waals surface area (Å²) in [7, 11) is 0. The van der Waals surface area contributed by atoms with Crippen molar-refractivity contribution in [2.75, 3.05) is 32.8 Å². The minimum Gasteiger partial charge on any atom is -0.492 e. The highest BCUT2D eigenvalue weighted by Crippen LogP contribution is 2.18. The minimum absolute atomic E-state index is 0.00912. The van der Waals surface area contributed by atoms with Gasteiger partial charge >= 0.3 is 0 Å². The number of hydrogen-bond acceptors (Lipinski definition) is 5. The lowest BCUT2D eigenvalue weighted by Crippen LogP contribution is -2.48. The van der Waals surface area contributed by atoms with Gasteiger partial charge in [-0.15, -0.1) is 0 Å². The molecule has 0 saturated carbocycles. The summed E-state index contributed by atoms with van der Waals surface area (Å²) >= 11 is 0. The second kappa shape index (κ2) is 6.14. The van der Waals surface area contributed by atoms with E-state index < -0.39 is 4.92 Å². The first-order chi connectivity index (χ1) is 9.15. The van der Waals surface area contributed by atoms with Crippen LogP contribution in [0.3, 0.4) is 0 Å². The Hall–Kier alpha value is -2.15. The highest BCUT2D eigenvalue weighted by Gasteiger charge is 2.15. The molecule has 1 amide bonds. The van der Waals surface area contributed by atoms with Gasteiger partial charge in [-0.25, -0.2) is 0 Å². The number of nitrogens with one attached hydrogen (secondary N) is 1. The Kier molecular flexibility index (Phi) is 4.30. The molecule has 1 aromatic carbocycles. The van der Waals surface area contributed by atoms with E-state index in [4.69, 9.17) is 4.74 Å². The van der Waals surface area contributed by atoms with Crippen LogP contribution in [-0.2, 0) is 4.79 Å². The molecule has 1 aliphatic rings. The van der Waals surface area contributed by atoms with Gasteiger partial charge in [0.2, 0.25) is 5.91 Å². The van der Waals surface area contributed by atoms with Crippen molar-refractivity contribution in [1.82, 2.24) is 10.2 Å². The van der Waals surface area contributed by atoms with Crippen molar-refractivity contribution in [3.63, 3.8) is 0 Å². The van der Waals surface area contributed by atoms with Gasteiger partial charge in [-0.3, -0.25) is 19.8 Å². The van der Waals surface area contributed by atoms with E-state index in [1.165, 1.54) is 12.1 Å². The van der Waals surface area contributed by atoms with Crippen molar-refractivity contribution in [2.45, 2.75) is 0 Å². The van der Waals surface area contributed by atoms with Crippen LogP contribution in [0.5, 0.6) is 5.75 Å². The van der Waals surface area contributed by atoms with Crippen molar-refractivity contribution >= 4 is 11.6 Å². The molecule has 102 valence electrons. The van der Waals surface area contributed by atoms with E-state index >= 15 is 0 Å². The number of ether oxygens (including phenoxy) is 1. The molecule has 0 spiro atoms. The number of nitro benzene ring substituents is 1. The number of rotatable bonds is 5. The van der Waals surface area contributed by atoms with Gasteiger partial charge in [-0.2, -0.15) is 0 Å². The molecule has 2 rings (SSSR count). The van der Waals surface area contributed by atoms with Crippen LogP contribution in [0.4, 0.5) is 5.69 Å². The number of non-ortho nitro benzene ring substituents is 1. The first-order valence-electron chi connectivity index (χ1n) is 6.01. The molecule has 1 saturated heterocycles. The van der Waals surface area contributed by atoms with Crippen LogP contribution >= 0.6 is 0 Å². The van der Waals surface area contributed by atoms with Crippen LogP contribution < -0.4 is 10.1 Å². The number of carbonyl (C=O) groups excluding carboxylic acids is 1. The smallest absolute Gasteiger partial charge is 0.273 e. The average Bonchev–Trinajstić information content (AvgIpc) is 2.39. The number of amides is 1. The molecule has 0 atom stereocenters. The molecule has 7 nitrogen and oxygen atoms in total. The number of nitro groups is 1. The average molecular weight is 265 g/mol. The molecular weight excluding hydrogens is 250 g/mol. The molecule has 0 aromatic heterocycles. The largest absolute Gasteiger partial charge is 0.492 e. The maximum Gasteiger partial charge on any atom is 0.273 e. The van der Waals surface area contributed by atoms with Gasteiger partial charge in [0.1, 0.15) is 12.4 Å². The lowest BCUT2D eigenvalue weighted by atomic mass is 10.3. The van der Waals surface area contributed by atoms with Gasteiger partial charge in [0.25, 0.3) is 5.69 Å². The molecule has 7 heteroatoms. The van der Waals surface area contributed by atoms with Crippen LogP contribution in [0.25, 0.3) is 0 Å². The van der Waals surface area contributed by atoms with Gasteiger partial charge in [-0.1, -0.05) is 6.07 Å². The molecule has 1 aliphatic heterocycles. The SMILES string of the molecule is O=C1CN(CCOc2cccc([N+](=O)[O-])c2)CCN1. The Bertz CT molecular complexity index is 478. The zero-order chi connectivity index (χ0) is 13.7. The van der Waals surface area contributed by atoms with E-state index in [0.717, 1.165) is 6.54 Å². The number of carbonyl (C=O) groups is 1. The number of benzene rings is 1. The molecule has 1 heterocycles. The fourth-order valence-corrected chi connectivity index (χ4v) is 1.86. The molecule has 19 heavy (non-hydrogen) atoms. The minimum atomic E-state index is -0.457. The highest BCUT2D eigenvalue weighted by atomic mass is 16.6. The van der Waals surface area contributed by atoms with Crippen LogP contribution in [0.1, 0.15) is 0 Å². The summed E-state index contributed by atoms with van der Waals surface area (Å²) in [5.41, 5.74) is 0.00912. The predicted molar refractivity (Wildman–Crippen MR) is 68.0 cm³/mol. The monoisotopic (exact) mass is 265 g/mol. The van der Waals surface area contributed by atoms with Crippen molar-refractivity contribution in [2.24, 2.45) is 0 Å². The van der Waals surface area contributed by atoms with Crippen molar-refractivity contribution < 1.29 is 14.5 Å². The maximum absolute atomic E-state index is 11.2. The lowest BCUT2D eigenvalue weighted by Gasteiger charge is -2.26. The summed E-state index contributed by atoms with van der Waals surface area (Å²) in [5, 5.41) is 13.4. The van der Waals surface area contributed by atoms with Gasteiger partial charge in [-0.05, 0) is 6.07 Å². The zero-order valence-corrected chi connectivity index (χ0v) is 10.4. The lowest BCUT2D eigenvalue weighted by molar-refractivity contribution is -0.384. The second-order valence-electron chi connectivity index (χ2n) is 4.23. The van der Waals surface area contributed by atoms with E-state index in [1.54, 1.807) is 12.1 Å². The Labute approximate surface area is 110 Å². The van der Waals surface area contributed by atoms with E-state index in [1.807, 2.05) is 4.90 Å². The van der Waals surface area contributed by atoms with E-state index in [2.05, 4.69) is 5.32 Å². The molecular formula is C12H15N3O4. The summed E-state index contributed by atoms with van der Waals surface area (Å²) in [6.07, 6.45) is 0. The number of piperazine rings is 1. The zero-order valence-electron chi connectivity index (χ0n) is 10.4. The first kappa shape index (κ1) is 13.3. The Morgan fingerprint density at radius 3 is 3.05 bits per heavy atom. The van der Waals surface area contributed by atoms with Crippen molar-refractivity contribution in [1.29, 1.82) is 0 Å². The van der Waals surface area contributed by atoms with E-state index in [9.17, 15) is 14.9 Å². The third-order valence-electron chi connectivity index (χ3n) is 2.82. The van der Waals surface area contributed by atoms with E-state index in [-0.39, 0.29) is 11.6 Å². The fraction of sp³-hybridized carbons (Fsp3) is 0.417. The summed E-state index contributed by atoms with van der Waals surface area (Å²) in [6.45, 7) is 2.84. The molecule has 1 fully saturated rings. The van der Waals surface area contributed by atoms with Crippen molar-refractivity contribution in [3.05, 3.63) is 34.4 Å². The molecule has 0 bridgehead atoms. The third-order valence-corrected chi connectivity index (χ3v) is 2.82. The standard InChI is InChI=1S/C12H15N3O4/c16-12-9-14(5-4-13-12)6-7-19-11-3-1-2-10(8-11)15(17)18/h1-3,8H,4-7,9H2,(H,13,16). The van der Waals surface area contributed by atoms with Gasteiger partial charge < -0.3 is 10.1 Å². The second-order valence-corrected chi connectivity index (χ2v) is 4.23. The fourth-order valence-electron chi connectivity index (χ4n) is 1.86. The van der Waals surface area contributed by atoms with Crippen LogP contribution in [0, 0.1) is 10.1 Å². The number of nitrogens with zero attached hydrogens (tertiary/aromatic N) is 2. The molecule has 1 aromatic rings. The topological polar surface area (TPSA) is 84.7 Å². The molecule has 1 N–H and O–H groups in total. The van der Waals surface area contributed by atoms with Gasteiger partial charge in [0.05, 0.1) is 17.5 Å². The Morgan fingerprint density at radius 1 is 1.47 bits per heavy atom. The number of hydrogen-bond donors (Lipinski definition) is 1. The van der Waals surface area contributed by atoms with Crippen LogP contribution in [0.2, 0.25) is 0 Å². The Balaban J connectivity index is 1.80. The quantitative estimate of drug-likeness (QED) is 0.615. The molecule has 0 radical (unpaired) electrons.